The van der Waals surface area contributed by atoms with E-state index in [0.29, 0.717) is 10.0 Å². The lowest BCUT2D eigenvalue weighted by Crippen LogP contribution is -2.22. The zero-order valence-corrected chi connectivity index (χ0v) is 12.0. The Hall–Kier alpha value is -1.09. The van der Waals surface area contributed by atoms with Crippen LogP contribution in [0, 0.1) is 5.82 Å². The van der Waals surface area contributed by atoms with Crippen molar-refractivity contribution in [3.05, 3.63) is 69.5 Å². The molecule has 2 aromatic carbocycles. The molecule has 0 bridgehead atoms. The molecule has 0 aliphatic heterocycles. The van der Waals surface area contributed by atoms with E-state index in [2.05, 4.69) is 5.32 Å². The maximum absolute atomic E-state index is 13.0. The van der Waals surface area contributed by atoms with Gasteiger partial charge in [-0.15, -0.1) is 0 Å². The molecule has 0 radical (unpaired) electrons. The van der Waals surface area contributed by atoms with Crippen LogP contribution in [0.4, 0.5) is 4.39 Å². The molecule has 1 N–H and O–H groups in total. The summed E-state index contributed by atoms with van der Waals surface area (Å²) in [7, 11) is 0. The van der Waals surface area contributed by atoms with Gasteiger partial charge in [0, 0.05) is 10.0 Å². The van der Waals surface area contributed by atoms with Gasteiger partial charge in [0.25, 0.3) is 0 Å². The summed E-state index contributed by atoms with van der Waals surface area (Å²) in [4.78, 5) is 0. The van der Waals surface area contributed by atoms with Gasteiger partial charge < -0.3 is 5.32 Å². The summed E-state index contributed by atoms with van der Waals surface area (Å²) in [6.07, 6.45) is 0. The maximum Gasteiger partial charge on any atom is 0.123 e. The molecule has 0 aromatic heterocycles. The molecule has 1 atom stereocenters. The van der Waals surface area contributed by atoms with Gasteiger partial charge in [-0.25, -0.2) is 4.39 Å². The van der Waals surface area contributed by atoms with Gasteiger partial charge in [-0.1, -0.05) is 48.3 Å². The minimum Gasteiger partial charge on any atom is -0.306 e. The van der Waals surface area contributed by atoms with Crippen molar-refractivity contribution in [3.63, 3.8) is 0 Å². The minimum atomic E-state index is -0.249. The zero-order chi connectivity index (χ0) is 13.8. The smallest absolute Gasteiger partial charge is 0.123 e. The number of hydrogen-bond acceptors (Lipinski definition) is 1. The molecular formula is C15H14Cl2FN. The summed E-state index contributed by atoms with van der Waals surface area (Å²) in [6.45, 7) is 2.79. The summed E-state index contributed by atoms with van der Waals surface area (Å²) < 4.78 is 13.0. The first kappa shape index (κ1) is 14.3. The van der Waals surface area contributed by atoms with Crippen LogP contribution < -0.4 is 5.32 Å². The van der Waals surface area contributed by atoms with E-state index in [1.54, 1.807) is 24.3 Å². The molecule has 2 aromatic rings. The second-order valence-corrected chi connectivity index (χ2v) is 5.05. The van der Waals surface area contributed by atoms with Gasteiger partial charge in [0.15, 0.2) is 0 Å². The number of rotatable bonds is 4. The highest BCUT2D eigenvalue weighted by Crippen LogP contribution is 2.30. The second kappa shape index (κ2) is 6.38. The number of nitrogens with one attached hydrogen (secondary N) is 1. The molecule has 1 nitrogen and oxygen atoms in total. The van der Waals surface area contributed by atoms with E-state index in [9.17, 15) is 4.39 Å². The van der Waals surface area contributed by atoms with E-state index >= 15 is 0 Å². The SMILES string of the molecule is CCNC(c1ccc(F)cc1)c1ccc(Cl)cc1Cl. The Labute approximate surface area is 122 Å². The van der Waals surface area contributed by atoms with Gasteiger partial charge in [0.05, 0.1) is 6.04 Å². The van der Waals surface area contributed by atoms with Gasteiger partial charge in [0.1, 0.15) is 5.82 Å². The lowest BCUT2D eigenvalue weighted by molar-refractivity contribution is 0.613. The average molecular weight is 298 g/mol. The van der Waals surface area contributed by atoms with Crippen molar-refractivity contribution in [2.75, 3.05) is 6.54 Å². The van der Waals surface area contributed by atoms with Crippen molar-refractivity contribution in [2.24, 2.45) is 0 Å². The molecule has 0 amide bonds. The Morgan fingerprint density at radius 2 is 1.79 bits per heavy atom. The van der Waals surface area contributed by atoms with Crippen molar-refractivity contribution in [1.82, 2.24) is 5.32 Å². The van der Waals surface area contributed by atoms with Crippen molar-refractivity contribution in [2.45, 2.75) is 13.0 Å². The normalized spacial score (nSPS) is 12.4. The Morgan fingerprint density at radius 3 is 2.37 bits per heavy atom. The standard InChI is InChI=1S/C15H14Cl2FN/c1-2-19-15(10-3-6-12(18)7-4-10)13-8-5-11(16)9-14(13)17/h3-9,15,19H,2H2,1H3. The fraction of sp³-hybridized carbons (Fsp3) is 0.200. The van der Waals surface area contributed by atoms with Crippen LogP contribution in [0.3, 0.4) is 0 Å². The predicted molar refractivity (Wildman–Crippen MR) is 78.4 cm³/mol. The molecule has 0 saturated heterocycles. The molecule has 2 rings (SSSR count). The third kappa shape index (κ3) is 3.47. The summed E-state index contributed by atoms with van der Waals surface area (Å²) in [5, 5.41) is 4.54. The molecular weight excluding hydrogens is 284 g/mol. The van der Waals surface area contributed by atoms with Gasteiger partial charge in [0.2, 0.25) is 0 Å². The molecule has 100 valence electrons. The van der Waals surface area contributed by atoms with Gasteiger partial charge in [-0.3, -0.25) is 0 Å². The highest BCUT2D eigenvalue weighted by Gasteiger charge is 2.16. The first-order chi connectivity index (χ1) is 9.11. The van der Waals surface area contributed by atoms with E-state index in [1.807, 2.05) is 13.0 Å². The van der Waals surface area contributed by atoms with E-state index in [0.717, 1.165) is 17.7 Å². The van der Waals surface area contributed by atoms with Crippen LogP contribution in [0.25, 0.3) is 0 Å². The summed E-state index contributed by atoms with van der Waals surface area (Å²) in [6, 6.07) is 11.7. The molecule has 0 saturated carbocycles. The molecule has 0 aliphatic rings. The van der Waals surface area contributed by atoms with E-state index in [4.69, 9.17) is 23.2 Å². The van der Waals surface area contributed by atoms with E-state index in [1.165, 1.54) is 12.1 Å². The predicted octanol–water partition coefficient (Wildman–Crippen LogP) is 4.83. The van der Waals surface area contributed by atoms with Crippen LogP contribution in [-0.4, -0.2) is 6.54 Å². The third-order valence-corrected chi connectivity index (χ3v) is 3.45. The molecule has 0 fully saturated rings. The van der Waals surface area contributed by atoms with Crippen molar-refractivity contribution >= 4 is 23.2 Å². The lowest BCUT2D eigenvalue weighted by atomic mass is 9.98. The highest BCUT2D eigenvalue weighted by molar-refractivity contribution is 6.35. The largest absolute Gasteiger partial charge is 0.306 e. The summed E-state index contributed by atoms with van der Waals surface area (Å²) in [5.41, 5.74) is 1.90. The Bertz CT molecular complexity index is 555. The summed E-state index contributed by atoms with van der Waals surface area (Å²) in [5.74, 6) is -0.249. The van der Waals surface area contributed by atoms with Crippen LogP contribution in [0.5, 0.6) is 0 Å². The van der Waals surface area contributed by atoms with Crippen LogP contribution >= 0.6 is 23.2 Å². The Balaban J connectivity index is 2.41. The second-order valence-electron chi connectivity index (χ2n) is 4.21. The Morgan fingerprint density at radius 1 is 1.11 bits per heavy atom. The third-order valence-electron chi connectivity index (χ3n) is 2.89. The highest BCUT2D eigenvalue weighted by atomic mass is 35.5. The Kier molecular flexibility index (Phi) is 4.81. The topological polar surface area (TPSA) is 12.0 Å². The van der Waals surface area contributed by atoms with Crippen LogP contribution in [0.2, 0.25) is 10.0 Å². The quantitative estimate of drug-likeness (QED) is 0.852. The van der Waals surface area contributed by atoms with Crippen molar-refractivity contribution < 1.29 is 4.39 Å². The number of benzene rings is 2. The van der Waals surface area contributed by atoms with Crippen molar-refractivity contribution in [3.8, 4) is 0 Å². The first-order valence-electron chi connectivity index (χ1n) is 6.05. The van der Waals surface area contributed by atoms with Crippen molar-refractivity contribution in [1.29, 1.82) is 0 Å². The molecule has 0 heterocycles. The van der Waals surface area contributed by atoms with Crippen LogP contribution in [0.1, 0.15) is 24.1 Å². The van der Waals surface area contributed by atoms with Gasteiger partial charge in [-0.2, -0.15) is 0 Å². The minimum absolute atomic E-state index is 0.0737. The number of halogens is 3. The summed E-state index contributed by atoms with van der Waals surface area (Å²) >= 11 is 12.2. The fourth-order valence-electron chi connectivity index (χ4n) is 2.00. The molecule has 0 spiro atoms. The van der Waals surface area contributed by atoms with Crippen LogP contribution in [0.15, 0.2) is 42.5 Å². The zero-order valence-electron chi connectivity index (χ0n) is 10.5. The lowest BCUT2D eigenvalue weighted by Gasteiger charge is -2.20. The monoisotopic (exact) mass is 297 g/mol. The molecule has 19 heavy (non-hydrogen) atoms. The average Bonchev–Trinajstić information content (AvgIpc) is 2.38. The van der Waals surface area contributed by atoms with Crippen LogP contribution in [-0.2, 0) is 0 Å². The molecule has 0 aliphatic carbocycles. The fourth-order valence-corrected chi connectivity index (χ4v) is 2.52. The molecule has 4 heteroatoms. The molecule has 1 unspecified atom stereocenters. The number of hydrogen-bond donors (Lipinski definition) is 1. The van der Waals surface area contributed by atoms with E-state index in [-0.39, 0.29) is 11.9 Å². The first-order valence-corrected chi connectivity index (χ1v) is 6.81. The van der Waals surface area contributed by atoms with E-state index < -0.39 is 0 Å². The van der Waals surface area contributed by atoms with Gasteiger partial charge in [-0.05, 0) is 41.9 Å². The maximum atomic E-state index is 13.0. The van der Waals surface area contributed by atoms with Gasteiger partial charge >= 0.3 is 0 Å².